The lowest BCUT2D eigenvalue weighted by Gasteiger charge is -2.25. The Morgan fingerprint density at radius 3 is 2.57 bits per heavy atom. The molecule has 0 bridgehead atoms. The van der Waals surface area contributed by atoms with E-state index in [0.717, 1.165) is 18.8 Å². The molecule has 0 aromatic heterocycles. The minimum Gasteiger partial charge on any atom is -0.333 e. The fraction of sp³-hybridized carbons (Fsp3) is 0.818. The predicted molar refractivity (Wildman–Crippen MR) is 52.8 cm³/mol. The van der Waals surface area contributed by atoms with Crippen LogP contribution in [-0.4, -0.2) is 29.2 Å². The summed E-state index contributed by atoms with van der Waals surface area (Å²) in [5.74, 6) is 0.389. The Bertz CT molecular complexity index is 258. The van der Waals surface area contributed by atoms with E-state index in [9.17, 15) is 9.59 Å². The number of rotatable bonds is 4. The summed E-state index contributed by atoms with van der Waals surface area (Å²) < 4.78 is 0. The van der Waals surface area contributed by atoms with Crippen molar-refractivity contribution in [3.05, 3.63) is 0 Å². The fourth-order valence-electron chi connectivity index (χ4n) is 2.19. The summed E-state index contributed by atoms with van der Waals surface area (Å²) in [7, 11) is 0. The third-order valence-corrected chi connectivity index (χ3v) is 3.29. The summed E-state index contributed by atoms with van der Waals surface area (Å²) in [5, 5.41) is 0. The minimum atomic E-state index is -0.238. The van der Waals surface area contributed by atoms with E-state index in [2.05, 4.69) is 6.92 Å². The van der Waals surface area contributed by atoms with Crippen molar-refractivity contribution >= 4 is 11.7 Å². The number of Topliss-reactive ketones (excluding diaryl/α,β-unsaturated/α-hetero) is 1. The standard InChI is InChI=1S/C11H17NO2/c1-2-9(7-8-3-4-8)12-6-5-10(13)11(12)14/h8-9H,2-7H2,1H3. The fourth-order valence-corrected chi connectivity index (χ4v) is 2.19. The van der Waals surface area contributed by atoms with E-state index in [1.807, 2.05) is 0 Å². The summed E-state index contributed by atoms with van der Waals surface area (Å²) in [4.78, 5) is 24.4. The van der Waals surface area contributed by atoms with Crippen LogP contribution in [0.4, 0.5) is 0 Å². The van der Waals surface area contributed by atoms with Crippen LogP contribution in [0.3, 0.4) is 0 Å². The molecular formula is C11H17NO2. The maximum absolute atomic E-state index is 11.5. The molecular weight excluding hydrogens is 178 g/mol. The molecule has 1 unspecified atom stereocenters. The van der Waals surface area contributed by atoms with Crippen LogP contribution < -0.4 is 0 Å². The third-order valence-electron chi connectivity index (χ3n) is 3.29. The van der Waals surface area contributed by atoms with Crippen molar-refractivity contribution in [2.75, 3.05) is 6.54 Å². The van der Waals surface area contributed by atoms with Crippen LogP contribution in [0.25, 0.3) is 0 Å². The average Bonchev–Trinajstić information content (AvgIpc) is 2.94. The van der Waals surface area contributed by atoms with Gasteiger partial charge in [-0.25, -0.2) is 0 Å². The maximum atomic E-state index is 11.5. The normalized spacial score (nSPS) is 24.5. The van der Waals surface area contributed by atoms with Gasteiger partial charge in [-0.3, -0.25) is 9.59 Å². The number of carbonyl (C=O) groups is 2. The van der Waals surface area contributed by atoms with Gasteiger partial charge in [-0.05, 0) is 18.8 Å². The van der Waals surface area contributed by atoms with Crippen molar-refractivity contribution < 1.29 is 9.59 Å². The first-order valence-electron chi connectivity index (χ1n) is 5.56. The number of hydrogen-bond donors (Lipinski definition) is 0. The zero-order valence-corrected chi connectivity index (χ0v) is 8.66. The topological polar surface area (TPSA) is 37.4 Å². The highest BCUT2D eigenvalue weighted by Gasteiger charge is 2.36. The SMILES string of the molecule is CCC(CC1CC1)N1CCC(=O)C1=O. The lowest BCUT2D eigenvalue weighted by molar-refractivity contribution is -0.141. The summed E-state index contributed by atoms with van der Waals surface area (Å²) in [6, 6.07) is 0.321. The molecule has 0 radical (unpaired) electrons. The van der Waals surface area contributed by atoms with Crippen molar-refractivity contribution in [1.29, 1.82) is 0 Å². The molecule has 2 aliphatic rings. The second-order valence-corrected chi connectivity index (χ2v) is 4.41. The van der Waals surface area contributed by atoms with Gasteiger partial charge in [0.25, 0.3) is 5.91 Å². The number of likely N-dealkylation sites (tertiary alicyclic amines) is 1. The molecule has 1 aliphatic heterocycles. The highest BCUT2D eigenvalue weighted by Crippen LogP contribution is 2.35. The molecule has 1 saturated carbocycles. The van der Waals surface area contributed by atoms with E-state index in [4.69, 9.17) is 0 Å². The number of amides is 1. The maximum Gasteiger partial charge on any atom is 0.290 e. The van der Waals surface area contributed by atoms with Gasteiger partial charge in [0, 0.05) is 19.0 Å². The van der Waals surface area contributed by atoms with Crippen LogP contribution in [-0.2, 0) is 9.59 Å². The molecule has 2 rings (SSSR count). The first kappa shape index (κ1) is 9.69. The van der Waals surface area contributed by atoms with Crippen molar-refractivity contribution in [2.45, 2.75) is 45.1 Å². The Morgan fingerprint density at radius 1 is 1.43 bits per heavy atom. The monoisotopic (exact) mass is 195 g/mol. The van der Waals surface area contributed by atoms with Crippen LogP contribution in [0, 0.1) is 5.92 Å². The molecule has 0 N–H and O–H groups in total. The zero-order valence-electron chi connectivity index (χ0n) is 8.66. The van der Waals surface area contributed by atoms with Crippen molar-refractivity contribution in [3.63, 3.8) is 0 Å². The number of ketones is 1. The van der Waals surface area contributed by atoms with Gasteiger partial charge in [0.15, 0.2) is 0 Å². The summed E-state index contributed by atoms with van der Waals surface area (Å²) in [6.07, 6.45) is 5.14. The van der Waals surface area contributed by atoms with Gasteiger partial charge in [-0.1, -0.05) is 19.8 Å². The molecule has 1 aliphatic carbocycles. The molecule has 0 aromatic carbocycles. The first-order chi connectivity index (χ1) is 6.72. The Morgan fingerprint density at radius 2 is 2.14 bits per heavy atom. The van der Waals surface area contributed by atoms with Crippen molar-refractivity contribution in [1.82, 2.24) is 4.90 Å². The van der Waals surface area contributed by atoms with E-state index in [1.165, 1.54) is 12.8 Å². The van der Waals surface area contributed by atoms with E-state index in [-0.39, 0.29) is 11.7 Å². The molecule has 3 heteroatoms. The second kappa shape index (κ2) is 3.71. The molecule has 1 heterocycles. The van der Waals surface area contributed by atoms with Gasteiger partial charge in [0.05, 0.1) is 0 Å². The molecule has 14 heavy (non-hydrogen) atoms. The third kappa shape index (κ3) is 1.81. The summed E-state index contributed by atoms with van der Waals surface area (Å²) in [5.41, 5.74) is 0. The Labute approximate surface area is 84.5 Å². The highest BCUT2D eigenvalue weighted by atomic mass is 16.2. The minimum absolute atomic E-state index is 0.195. The van der Waals surface area contributed by atoms with Crippen LogP contribution in [0.1, 0.15) is 39.0 Å². The molecule has 0 spiro atoms. The van der Waals surface area contributed by atoms with Crippen LogP contribution in [0.2, 0.25) is 0 Å². The number of hydrogen-bond acceptors (Lipinski definition) is 2. The molecule has 1 atom stereocenters. The zero-order chi connectivity index (χ0) is 10.1. The highest BCUT2D eigenvalue weighted by molar-refractivity contribution is 6.37. The van der Waals surface area contributed by atoms with E-state index in [1.54, 1.807) is 4.90 Å². The Kier molecular flexibility index (Phi) is 2.57. The number of carbonyl (C=O) groups excluding carboxylic acids is 2. The Balaban J connectivity index is 1.96. The average molecular weight is 195 g/mol. The van der Waals surface area contributed by atoms with Gasteiger partial charge in [-0.2, -0.15) is 0 Å². The van der Waals surface area contributed by atoms with E-state index >= 15 is 0 Å². The lowest BCUT2D eigenvalue weighted by atomic mass is 10.1. The molecule has 78 valence electrons. The Hall–Kier alpha value is -0.860. The van der Waals surface area contributed by atoms with Crippen LogP contribution in [0.15, 0.2) is 0 Å². The van der Waals surface area contributed by atoms with Gasteiger partial charge in [0.2, 0.25) is 5.78 Å². The molecule has 2 fully saturated rings. The summed E-state index contributed by atoms with van der Waals surface area (Å²) in [6.45, 7) is 2.76. The van der Waals surface area contributed by atoms with Gasteiger partial charge < -0.3 is 4.90 Å². The second-order valence-electron chi connectivity index (χ2n) is 4.41. The molecule has 1 amide bonds. The number of nitrogens with zero attached hydrogens (tertiary/aromatic N) is 1. The van der Waals surface area contributed by atoms with Gasteiger partial charge >= 0.3 is 0 Å². The molecule has 1 saturated heterocycles. The smallest absolute Gasteiger partial charge is 0.290 e. The van der Waals surface area contributed by atoms with Crippen LogP contribution in [0.5, 0.6) is 0 Å². The molecule has 3 nitrogen and oxygen atoms in total. The lowest BCUT2D eigenvalue weighted by Crippen LogP contribution is -2.37. The van der Waals surface area contributed by atoms with Crippen molar-refractivity contribution in [3.8, 4) is 0 Å². The van der Waals surface area contributed by atoms with Crippen molar-refractivity contribution in [2.24, 2.45) is 5.92 Å². The summed E-state index contributed by atoms with van der Waals surface area (Å²) >= 11 is 0. The van der Waals surface area contributed by atoms with E-state index < -0.39 is 0 Å². The first-order valence-corrected chi connectivity index (χ1v) is 5.56. The van der Waals surface area contributed by atoms with E-state index in [0.29, 0.717) is 19.0 Å². The van der Waals surface area contributed by atoms with Crippen LogP contribution >= 0.6 is 0 Å². The quantitative estimate of drug-likeness (QED) is 0.635. The predicted octanol–water partition coefficient (Wildman–Crippen LogP) is 1.37. The largest absolute Gasteiger partial charge is 0.333 e. The molecule has 0 aromatic rings. The van der Waals surface area contributed by atoms with Gasteiger partial charge in [-0.15, -0.1) is 0 Å². The van der Waals surface area contributed by atoms with Gasteiger partial charge in [0.1, 0.15) is 0 Å².